The van der Waals surface area contributed by atoms with E-state index in [1.165, 1.54) is 18.6 Å². The van der Waals surface area contributed by atoms with Crippen LogP contribution in [-0.4, -0.2) is 9.97 Å². The first-order valence-electron chi connectivity index (χ1n) is 4.94. The Labute approximate surface area is 97.8 Å². The molecule has 1 aromatic carbocycles. The summed E-state index contributed by atoms with van der Waals surface area (Å²) in [6.07, 6.45) is 2.69. The lowest BCUT2D eigenvalue weighted by Gasteiger charge is -2.10. The highest BCUT2D eigenvalue weighted by Crippen LogP contribution is 2.23. The van der Waals surface area contributed by atoms with Gasteiger partial charge in [0.05, 0.1) is 11.9 Å². The first-order chi connectivity index (χ1) is 8.22. The zero-order chi connectivity index (χ0) is 12.3. The molecule has 0 unspecified atom stereocenters. The molecule has 2 aromatic rings. The van der Waals surface area contributed by atoms with Crippen molar-refractivity contribution in [3.8, 4) is 6.07 Å². The highest BCUT2D eigenvalue weighted by atomic mass is 19.1. The Hall–Kier alpha value is -2.48. The number of anilines is 2. The molecule has 0 aliphatic rings. The summed E-state index contributed by atoms with van der Waals surface area (Å²) >= 11 is 0. The zero-order valence-electron chi connectivity index (χ0n) is 9.11. The third-order valence-corrected chi connectivity index (χ3v) is 2.30. The van der Waals surface area contributed by atoms with Crippen molar-refractivity contribution in [2.24, 2.45) is 0 Å². The number of nitrogens with zero attached hydrogens (tertiary/aromatic N) is 3. The number of nitrogens with one attached hydrogen (secondary N) is 1. The molecule has 4 nitrogen and oxygen atoms in total. The molecular weight excluding hydrogens is 219 g/mol. The van der Waals surface area contributed by atoms with Crippen molar-refractivity contribution >= 4 is 11.5 Å². The van der Waals surface area contributed by atoms with E-state index in [2.05, 4.69) is 15.3 Å². The molecule has 0 fully saturated rings. The Morgan fingerprint density at radius 1 is 1.41 bits per heavy atom. The standard InChI is InChI=1S/C12H9FN4/c1-8-3-2-4-10(13)11(8)17-12-9(5-14)6-15-7-16-12/h2-4,6-7H,1H3,(H,15,16,17). The summed E-state index contributed by atoms with van der Waals surface area (Å²) in [5, 5.41) is 11.7. The highest BCUT2D eigenvalue weighted by Gasteiger charge is 2.09. The van der Waals surface area contributed by atoms with Gasteiger partial charge in [-0.3, -0.25) is 0 Å². The fraction of sp³-hybridized carbons (Fsp3) is 0.0833. The molecule has 0 aliphatic carbocycles. The van der Waals surface area contributed by atoms with Gasteiger partial charge in [-0.25, -0.2) is 14.4 Å². The molecule has 1 N–H and O–H groups in total. The van der Waals surface area contributed by atoms with Crippen molar-refractivity contribution in [2.75, 3.05) is 5.32 Å². The van der Waals surface area contributed by atoms with Gasteiger partial charge >= 0.3 is 0 Å². The van der Waals surface area contributed by atoms with E-state index in [9.17, 15) is 4.39 Å². The maximum atomic E-state index is 13.6. The first-order valence-corrected chi connectivity index (χ1v) is 4.94. The molecular formula is C12H9FN4. The highest BCUT2D eigenvalue weighted by molar-refractivity contribution is 5.65. The van der Waals surface area contributed by atoms with Gasteiger partial charge in [-0.15, -0.1) is 0 Å². The van der Waals surface area contributed by atoms with Gasteiger partial charge in [0.15, 0.2) is 5.82 Å². The Morgan fingerprint density at radius 3 is 2.94 bits per heavy atom. The minimum atomic E-state index is -0.382. The molecule has 0 aliphatic heterocycles. The van der Waals surface area contributed by atoms with Crippen LogP contribution >= 0.6 is 0 Å². The average molecular weight is 228 g/mol. The second kappa shape index (κ2) is 4.58. The third-order valence-electron chi connectivity index (χ3n) is 2.30. The van der Waals surface area contributed by atoms with Crippen LogP contribution in [0.4, 0.5) is 15.9 Å². The number of benzene rings is 1. The van der Waals surface area contributed by atoms with Crippen molar-refractivity contribution < 1.29 is 4.39 Å². The molecule has 1 aromatic heterocycles. The second-order valence-electron chi connectivity index (χ2n) is 3.45. The average Bonchev–Trinajstić information content (AvgIpc) is 2.34. The lowest BCUT2D eigenvalue weighted by molar-refractivity contribution is 0.630. The number of nitriles is 1. The van der Waals surface area contributed by atoms with Gasteiger partial charge in [0.1, 0.15) is 23.8 Å². The molecule has 1 heterocycles. The lowest BCUT2D eigenvalue weighted by atomic mass is 10.2. The van der Waals surface area contributed by atoms with Crippen LogP contribution in [0, 0.1) is 24.1 Å². The van der Waals surface area contributed by atoms with Crippen LogP contribution in [0.5, 0.6) is 0 Å². The molecule has 0 amide bonds. The Kier molecular flexibility index (Phi) is 2.97. The maximum absolute atomic E-state index is 13.6. The molecule has 0 atom stereocenters. The molecule has 0 saturated heterocycles. The monoisotopic (exact) mass is 228 g/mol. The van der Waals surface area contributed by atoms with Crippen LogP contribution < -0.4 is 5.32 Å². The van der Waals surface area contributed by atoms with Gasteiger partial charge in [-0.05, 0) is 18.6 Å². The predicted molar refractivity (Wildman–Crippen MR) is 61.2 cm³/mol. The molecule has 0 saturated carbocycles. The van der Waals surface area contributed by atoms with Crippen LogP contribution in [0.15, 0.2) is 30.7 Å². The summed E-state index contributed by atoms with van der Waals surface area (Å²) in [7, 11) is 0. The van der Waals surface area contributed by atoms with Crippen LogP contribution in [0.3, 0.4) is 0 Å². The number of hydrogen-bond acceptors (Lipinski definition) is 4. The van der Waals surface area contributed by atoms with Gasteiger partial charge < -0.3 is 5.32 Å². The van der Waals surface area contributed by atoms with E-state index in [-0.39, 0.29) is 11.4 Å². The normalized spacial score (nSPS) is 9.71. The summed E-state index contributed by atoms with van der Waals surface area (Å²) in [5.41, 5.74) is 1.34. The summed E-state index contributed by atoms with van der Waals surface area (Å²) in [6, 6.07) is 6.70. The Morgan fingerprint density at radius 2 is 2.24 bits per heavy atom. The van der Waals surface area contributed by atoms with Crippen LogP contribution in [0.25, 0.3) is 0 Å². The van der Waals surface area contributed by atoms with Crippen molar-refractivity contribution in [1.29, 1.82) is 5.26 Å². The van der Waals surface area contributed by atoms with Crippen molar-refractivity contribution in [2.45, 2.75) is 6.92 Å². The summed E-state index contributed by atoms with van der Waals surface area (Å²) in [5.74, 6) is -0.0804. The van der Waals surface area contributed by atoms with Crippen LogP contribution in [0.1, 0.15) is 11.1 Å². The topological polar surface area (TPSA) is 61.6 Å². The molecule has 0 bridgehead atoms. The lowest BCUT2D eigenvalue weighted by Crippen LogP contribution is -2.01. The van der Waals surface area contributed by atoms with Crippen LogP contribution in [-0.2, 0) is 0 Å². The Balaban J connectivity index is 2.42. The van der Waals surface area contributed by atoms with E-state index < -0.39 is 0 Å². The van der Waals surface area contributed by atoms with Crippen molar-refractivity contribution in [1.82, 2.24) is 9.97 Å². The van der Waals surface area contributed by atoms with E-state index in [4.69, 9.17) is 5.26 Å². The van der Waals surface area contributed by atoms with Gasteiger partial charge in [-0.2, -0.15) is 5.26 Å². The molecule has 0 radical (unpaired) electrons. The maximum Gasteiger partial charge on any atom is 0.151 e. The fourth-order valence-corrected chi connectivity index (χ4v) is 1.42. The number of para-hydroxylation sites is 1. The SMILES string of the molecule is Cc1cccc(F)c1Nc1ncncc1C#N. The summed E-state index contributed by atoms with van der Waals surface area (Å²) in [6.45, 7) is 1.78. The zero-order valence-corrected chi connectivity index (χ0v) is 9.11. The first kappa shape index (κ1) is 11.0. The van der Waals surface area contributed by atoms with Crippen LogP contribution in [0.2, 0.25) is 0 Å². The second-order valence-corrected chi connectivity index (χ2v) is 3.45. The minimum Gasteiger partial charge on any atom is -0.336 e. The van der Waals surface area contributed by atoms with Crippen molar-refractivity contribution in [3.05, 3.63) is 47.7 Å². The molecule has 84 valence electrons. The number of aromatic nitrogens is 2. The Bertz CT molecular complexity index is 569. The molecule has 0 spiro atoms. The summed E-state index contributed by atoms with van der Waals surface area (Å²) in [4.78, 5) is 7.65. The van der Waals surface area contributed by atoms with E-state index in [1.54, 1.807) is 19.1 Å². The predicted octanol–water partition coefficient (Wildman–Crippen LogP) is 2.54. The quantitative estimate of drug-likeness (QED) is 0.857. The smallest absolute Gasteiger partial charge is 0.151 e. The molecule has 5 heteroatoms. The number of halogens is 1. The van der Waals surface area contributed by atoms with E-state index in [1.807, 2.05) is 6.07 Å². The van der Waals surface area contributed by atoms with E-state index in [0.717, 1.165) is 5.56 Å². The summed E-state index contributed by atoms with van der Waals surface area (Å²) < 4.78 is 13.6. The largest absolute Gasteiger partial charge is 0.336 e. The number of rotatable bonds is 2. The van der Waals surface area contributed by atoms with E-state index in [0.29, 0.717) is 11.5 Å². The van der Waals surface area contributed by atoms with E-state index >= 15 is 0 Å². The van der Waals surface area contributed by atoms with Gasteiger partial charge in [0, 0.05) is 0 Å². The minimum absolute atomic E-state index is 0.273. The third kappa shape index (κ3) is 2.21. The molecule has 17 heavy (non-hydrogen) atoms. The molecule has 2 rings (SSSR count). The number of aryl methyl sites for hydroxylation is 1. The van der Waals surface area contributed by atoms with Crippen molar-refractivity contribution in [3.63, 3.8) is 0 Å². The van der Waals surface area contributed by atoms with Gasteiger partial charge in [0.2, 0.25) is 0 Å². The number of hydrogen-bond donors (Lipinski definition) is 1. The van der Waals surface area contributed by atoms with Gasteiger partial charge in [0.25, 0.3) is 0 Å². The fourth-order valence-electron chi connectivity index (χ4n) is 1.42. The van der Waals surface area contributed by atoms with Gasteiger partial charge in [-0.1, -0.05) is 12.1 Å².